The molecule has 6 nitrogen and oxygen atoms in total. The molecule has 0 aliphatic rings. The van der Waals surface area contributed by atoms with Crippen molar-refractivity contribution in [1.82, 2.24) is 5.32 Å². The number of nitrogens with one attached hydrogen (secondary N) is 2. The van der Waals surface area contributed by atoms with E-state index < -0.39 is 12.0 Å². The van der Waals surface area contributed by atoms with Crippen molar-refractivity contribution in [1.29, 1.82) is 0 Å². The normalized spacial score (nSPS) is 11.7. The van der Waals surface area contributed by atoms with Gasteiger partial charge in [0.2, 0.25) is 5.91 Å². The van der Waals surface area contributed by atoms with Gasteiger partial charge in [0.15, 0.2) is 0 Å². The molecule has 0 bridgehead atoms. The third-order valence-electron chi connectivity index (χ3n) is 2.29. The van der Waals surface area contributed by atoms with E-state index in [1.807, 2.05) is 0 Å². The van der Waals surface area contributed by atoms with Gasteiger partial charge < -0.3 is 15.2 Å². The number of aliphatic carboxylic acids is 1. The van der Waals surface area contributed by atoms with E-state index in [1.54, 1.807) is 24.3 Å². The van der Waals surface area contributed by atoms with Crippen molar-refractivity contribution >= 4 is 17.6 Å². The third-order valence-corrected chi connectivity index (χ3v) is 2.29. The maximum Gasteiger partial charge on any atom is 0.320 e. The molecule has 0 saturated heterocycles. The molecule has 18 heavy (non-hydrogen) atoms. The lowest BCUT2D eigenvalue weighted by atomic mass is 10.3. The van der Waals surface area contributed by atoms with Crippen LogP contribution in [0.15, 0.2) is 24.3 Å². The molecule has 6 heteroatoms. The molecule has 0 radical (unpaired) electrons. The summed E-state index contributed by atoms with van der Waals surface area (Å²) in [4.78, 5) is 22.1. The molecule has 0 spiro atoms. The van der Waals surface area contributed by atoms with Crippen molar-refractivity contribution in [2.45, 2.75) is 13.0 Å². The molecule has 1 atom stereocenters. The van der Waals surface area contributed by atoms with E-state index >= 15 is 0 Å². The molecule has 1 aromatic rings. The molecule has 1 aromatic carbocycles. The Morgan fingerprint density at radius 3 is 2.78 bits per heavy atom. The molecule has 0 aliphatic carbocycles. The van der Waals surface area contributed by atoms with Crippen LogP contribution in [0.2, 0.25) is 0 Å². The van der Waals surface area contributed by atoms with Gasteiger partial charge in [0.05, 0.1) is 13.7 Å². The van der Waals surface area contributed by atoms with Crippen molar-refractivity contribution in [2.24, 2.45) is 0 Å². The summed E-state index contributed by atoms with van der Waals surface area (Å²) < 4.78 is 5.02. The number of carbonyl (C=O) groups excluding carboxylic acids is 1. The molecule has 0 unspecified atom stereocenters. The van der Waals surface area contributed by atoms with Crippen LogP contribution >= 0.6 is 0 Å². The number of carboxylic acids is 1. The van der Waals surface area contributed by atoms with Crippen LogP contribution in [-0.2, 0) is 9.59 Å². The zero-order valence-corrected chi connectivity index (χ0v) is 10.3. The quantitative estimate of drug-likeness (QED) is 0.693. The molecule has 1 amide bonds. The topological polar surface area (TPSA) is 87.7 Å². The van der Waals surface area contributed by atoms with Crippen LogP contribution in [0, 0.1) is 0 Å². The number of carbonyl (C=O) groups is 2. The first kappa shape index (κ1) is 14.0. The van der Waals surface area contributed by atoms with Gasteiger partial charge in [-0.3, -0.25) is 14.9 Å². The lowest BCUT2D eigenvalue weighted by molar-refractivity contribution is -0.139. The van der Waals surface area contributed by atoms with E-state index in [2.05, 4.69) is 10.6 Å². The van der Waals surface area contributed by atoms with Crippen molar-refractivity contribution in [2.75, 3.05) is 19.0 Å². The standard InChI is InChI=1S/C12H16N2O4/c1-8(12(16)17)13-7-11(15)14-9-4-3-5-10(6-9)18-2/h3-6,8,13H,7H2,1-2H3,(H,14,15)(H,16,17)/t8-/m0/s1. The highest BCUT2D eigenvalue weighted by Gasteiger charge is 2.11. The van der Waals surface area contributed by atoms with E-state index in [9.17, 15) is 9.59 Å². The van der Waals surface area contributed by atoms with E-state index in [0.717, 1.165) is 0 Å². The summed E-state index contributed by atoms with van der Waals surface area (Å²) in [7, 11) is 1.54. The fourth-order valence-corrected chi connectivity index (χ4v) is 1.24. The van der Waals surface area contributed by atoms with Crippen LogP contribution in [-0.4, -0.2) is 36.7 Å². The Bertz CT molecular complexity index is 434. The van der Waals surface area contributed by atoms with Crippen molar-refractivity contribution in [3.05, 3.63) is 24.3 Å². The molecule has 1 rings (SSSR count). The zero-order valence-electron chi connectivity index (χ0n) is 10.3. The number of amides is 1. The maximum atomic E-state index is 11.5. The van der Waals surface area contributed by atoms with Crippen LogP contribution in [0.5, 0.6) is 5.75 Å². The van der Waals surface area contributed by atoms with Gasteiger partial charge >= 0.3 is 5.97 Å². The number of rotatable bonds is 6. The monoisotopic (exact) mass is 252 g/mol. The minimum Gasteiger partial charge on any atom is -0.497 e. The van der Waals surface area contributed by atoms with Crippen LogP contribution in [0.25, 0.3) is 0 Å². The van der Waals surface area contributed by atoms with Crippen LogP contribution in [0.1, 0.15) is 6.92 Å². The molecule has 0 aliphatic heterocycles. The lowest BCUT2D eigenvalue weighted by Crippen LogP contribution is -2.39. The van der Waals surface area contributed by atoms with Gasteiger partial charge in [-0.1, -0.05) is 6.07 Å². The summed E-state index contributed by atoms with van der Waals surface area (Å²) in [5.41, 5.74) is 0.601. The predicted octanol–water partition coefficient (Wildman–Crippen LogP) is 0.696. The SMILES string of the molecule is COc1cccc(NC(=O)CN[C@@H](C)C(=O)O)c1. The third kappa shape index (κ3) is 4.42. The minimum absolute atomic E-state index is 0.0648. The Hall–Kier alpha value is -2.08. The first-order chi connectivity index (χ1) is 8.52. The molecule has 0 fully saturated rings. The lowest BCUT2D eigenvalue weighted by Gasteiger charge is -2.10. The van der Waals surface area contributed by atoms with Gasteiger partial charge in [-0.15, -0.1) is 0 Å². The maximum absolute atomic E-state index is 11.5. The smallest absolute Gasteiger partial charge is 0.320 e. The molecular formula is C12H16N2O4. The highest BCUT2D eigenvalue weighted by molar-refractivity contribution is 5.92. The average molecular weight is 252 g/mol. The van der Waals surface area contributed by atoms with E-state index in [0.29, 0.717) is 11.4 Å². The largest absolute Gasteiger partial charge is 0.497 e. The van der Waals surface area contributed by atoms with E-state index in [-0.39, 0.29) is 12.5 Å². The molecular weight excluding hydrogens is 236 g/mol. The van der Waals surface area contributed by atoms with Crippen molar-refractivity contribution < 1.29 is 19.4 Å². The van der Waals surface area contributed by atoms with E-state index in [4.69, 9.17) is 9.84 Å². The Kier molecular flexibility index (Phi) is 5.13. The second kappa shape index (κ2) is 6.61. The summed E-state index contributed by atoms with van der Waals surface area (Å²) in [5, 5.41) is 13.9. The number of ether oxygens (including phenoxy) is 1. The number of anilines is 1. The molecule has 0 aromatic heterocycles. The van der Waals surface area contributed by atoms with Gasteiger partial charge in [-0.2, -0.15) is 0 Å². The Labute approximate surface area is 105 Å². The summed E-state index contributed by atoms with van der Waals surface area (Å²) in [6, 6.07) is 6.16. The van der Waals surface area contributed by atoms with Crippen molar-refractivity contribution in [3.63, 3.8) is 0 Å². The van der Waals surface area contributed by atoms with Crippen LogP contribution in [0.3, 0.4) is 0 Å². The van der Waals surface area contributed by atoms with Gasteiger partial charge in [-0.25, -0.2) is 0 Å². The Morgan fingerprint density at radius 2 is 2.17 bits per heavy atom. The molecule has 0 heterocycles. The number of carboxylic acid groups (broad SMARTS) is 1. The fourth-order valence-electron chi connectivity index (χ4n) is 1.24. The first-order valence-electron chi connectivity index (χ1n) is 5.43. The number of methoxy groups -OCH3 is 1. The summed E-state index contributed by atoms with van der Waals surface area (Å²) in [6.45, 7) is 1.41. The summed E-state index contributed by atoms with van der Waals surface area (Å²) in [6.07, 6.45) is 0. The Morgan fingerprint density at radius 1 is 1.44 bits per heavy atom. The summed E-state index contributed by atoms with van der Waals surface area (Å²) >= 11 is 0. The van der Waals surface area contributed by atoms with Gasteiger partial charge in [-0.05, 0) is 19.1 Å². The van der Waals surface area contributed by atoms with Crippen LogP contribution < -0.4 is 15.4 Å². The summed E-state index contributed by atoms with van der Waals surface area (Å²) in [5.74, 6) is -0.666. The van der Waals surface area contributed by atoms with Crippen LogP contribution in [0.4, 0.5) is 5.69 Å². The number of benzene rings is 1. The first-order valence-corrected chi connectivity index (χ1v) is 5.43. The van der Waals surface area contributed by atoms with E-state index in [1.165, 1.54) is 14.0 Å². The van der Waals surface area contributed by atoms with Gasteiger partial charge in [0.25, 0.3) is 0 Å². The minimum atomic E-state index is -0.996. The average Bonchev–Trinajstić information content (AvgIpc) is 2.36. The highest BCUT2D eigenvalue weighted by Crippen LogP contribution is 2.16. The molecule has 98 valence electrons. The molecule has 0 saturated carbocycles. The zero-order chi connectivity index (χ0) is 13.5. The second-order valence-electron chi connectivity index (χ2n) is 3.72. The van der Waals surface area contributed by atoms with Gasteiger partial charge in [0, 0.05) is 11.8 Å². The highest BCUT2D eigenvalue weighted by atomic mass is 16.5. The second-order valence-corrected chi connectivity index (χ2v) is 3.72. The fraction of sp³-hybridized carbons (Fsp3) is 0.333. The van der Waals surface area contributed by atoms with Gasteiger partial charge in [0.1, 0.15) is 11.8 Å². The predicted molar refractivity (Wildman–Crippen MR) is 66.7 cm³/mol. The van der Waals surface area contributed by atoms with Crippen molar-refractivity contribution in [3.8, 4) is 5.75 Å². The Balaban J connectivity index is 2.46. The molecule has 3 N–H and O–H groups in total. The number of hydrogen-bond donors (Lipinski definition) is 3. The number of hydrogen-bond acceptors (Lipinski definition) is 4.